The van der Waals surface area contributed by atoms with Crippen molar-refractivity contribution < 1.29 is 0 Å². The molecule has 0 spiro atoms. The van der Waals surface area contributed by atoms with Crippen LogP contribution in [0.3, 0.4) is 0 Å². The van der Waals surface area contributed by atoms with Gasteiger partial charge in [0.15, 0.2) is 5.82 Å². The van der Waals surface area contributed by atoms with Gasteiger partial charge in [-0.25, -0.2) is 9.97 Å². The molecule has 5 nitrogen and oxygen atoms in total. The summed E-state index contributed by atoms with van der Waals surface area (Å²) in [7, 11) is 0. The normalized spacial score (nSPS) is 19.0. The number of anilines is 2. The number of fused-ring (bicyclic) bond motifs is 1. The summed E-state index contributed by atoms with van der Waals surface area (Å²) < 4.78 is 0. The summed E-state index contributed by atoms with van der Waals surface area (Å²) in [4.78, 5) is 13.4. The van der Waals surface area contributed by atoms with E-state index in [1.54, 1.807) is 6.20 Å². The second-order valence-corrected chi connectivity index (χ2v) is 7.94. The lowest BCUT2D eigenvalue weighted by molar-refractivity contribution is 0.192. The number of hydrogen-bond acceptors (Lipinski definition) is 5. The summed E-state index contributed by atoms with van der Waals surface area (Å²) in [6.45, 7) is 8.17. The molecule has 2 aromatic heterocycles. The fourth-order valence-electron chi connectivity index (χ4n) is 4.40. The minimum absolute atomic E-state index is 0. The zero-order valence-electron chi connectivity index (χ0n) is 17.7. The summed E-state index contributed by atoms with van der Waals surface area (Å²) in [5.41, 5.74) is 12.8. The van der Waals surface area contributed by atoms with Crippen LogP contribution in [0.5, 0.6) is 0 Å². The van der Waals surface area contributed by atoms with E-state index in [1.165, 1.54) is 24.0 Å². The van der Waals surface area contributed by atoms with Crippen molar-refractivity contribution in [1.29, 1.82) is 0 Å². The largest absolute Gasteiger partial charge is 0.382 e. The number of nitrogens with zero attached hydrogens (tertiary/aromatic N) is 3. The molecular formula is C26H33N5. The zero-order valence-corrected chi connectivity index (χ0v) is 17.7. The van der Waals surface area contributed by atoms with Crippen LogP contribution in [-0.2, 0) is 12.8 Å². The Labute approximate surface area is 185 Å². The van der Waals surface area contributed by atoms with E-state index in [4.69, 9.17) is 10.7 Å². The second-order valence-electron chi connectivity index (χ2n) is 7.94. The van der Waals surface area contributed by atoms with Crippen molar-refractivity contribution in [1.82, 2.24) is 15.0 Å². The first-order valence-electron chi connectivity index (χ1n) is 10.8. The Morgan fingerprint density at radius 2 is 1.84 bits per heavy atom. The van der Waals surface area contributed by atoms with Gasteiger partial charge in [-0.3, -0.25) is 4.98 Å². The first kappa shape index (κ1) is 22.5. The third-order valence-electron chi connectivity index (χ3n) is 5.87. The van der Waals surface area contributed by atoms with E-state index in [1.807, 2.05) is 26.2 Å². The maximum Gasteiger partial charge on any atom is 0.151 e. The number of pyridine rings is 1. The van der Waals surface area contributed by atoms with Crippen molar-refractivity contribution in [2.24, 2.45) is 11.8 Å². The van der Waals surface area contributed by atoms with Crippen LogP contribution in [0.4, 0.5) is 11.5 Å². The first-order valence-corrected chi connectivity index (χ1v) is 10.8. The van der Waals surface area contributed by atoms with E-state index in [0.29, 0.717) is 17.2 Å². The van der Waals surface area contributed by atoms with Crippen molar-refractivity contribution >= 4 is 17.2 Å². The number of nitrogens with two attached hydrogens (primary N) is 1. The van der Waals surface area contributed by atoms with E-state index < -0.39 is 0 Å². The van der Waals surface area contributed by atoms with E-state index in [0.717, 1.165) is 41.6 Å². The van der Waals surface area contributed by atoms with E-state index in [-0.39, 0.29) is 7.43 Å². The highest BCUT2D eigenvalue weighted by Crippen LogP contribution is 2.40. The predicted octanol–water partition coefficient (Wildman–Crippen LogP) is 5.99. The highest BCUT2D eigenvalue weighted by molar-refractivity contribution is 5.80. The van der Waals surface area contributed by atoms with Gasteiger partial charge in [-0.2, -0.15) is 0 Å². The second kappa shape index (κ2) is 9.73. The molecule has 1 aliphatic carbocycles. The molecule has 0 unspecified atom stereocenters. The summed E-state index contributed by atoms with van der Waals surface area (Å²) in [6, 6.07) is 10.7. The van der Waals surface area contributed by atoms with Crippen LogP contribution in [0.15, 0.2) is 55.5 Å². The van der Waals surface area contributed by atoms with Crippen LogP contribution in [0.2, 0.25) is 0 Å². The highest BCUT2D eigenvalue weighted by atomic mass is 15.0. The van der Waals surface area contributed by atoms with Crippen molar-refractivity contribution in [3.8, 4) is 11.3 Å². The fraction of sp³-hybridized carbons (Fsp3) is 0.346. The molecule has 0 radical (unpaired) electrons. The number of benzene rings is 1. The number of nitrogen functional groups attached to an aromatic ring is 1. The van der Waals surface area contributed by atoms with Gasteiger partial charge in [-0.15, -0.1) is 0 Å². The Bertz CT molecular complexity index is 1050. The average Bonchev–Trinajstić information content (AvgIpc) is 2.75. The molecule has 1 saturated carbocycles. The lowest BCUT2D eigenvalue weighted by Gasteiger charge is -2.36. The van der Waals surface area contributed by atoms with E-state index >= 15 is 0 Å². The summed E-state index contributed by atoms with van der Waals surface area (Å²) in [5.74, 6) is 1.85. The van der Waals surface area contributed by atoms with Gasteiger partial charge in [0.1, 0.15) is 5.69 Å². The molecule has 31 heavy (non-hydrogen) atoms. The van der Waals surface area contributed by atoms with Crippen molar-refractivity contribution in [2.75, 3.05) is 11.1 Å². The predicted molar refractivity (Wildman–Crippen MR) is 130 cm³/mol. The molecule has 3 N–H and O–H groups in total. The molecule has 6 bridgehead atoms. The minimum atomic E-state index is 0. The van der Waals surface area contributed by atoms with Crippen LogP contribution in [-0.4, -0.2) is 15.0 Å². The van der Waals surface area contributed by atoms with E-state index in [9.17, 15) is 0 Å². The SMILES string of the molecule is C.C=C1Nc2cnccc2CC2CC(Cc3cccc(c3)-c3cnc(N)c1n3)C2.CC. The molecular weight excluding hydrogens is 382 g/mol. The van der Waals surface area contributed by atoms with Crippen molar-refractivity contribution in [2.45, 2.75) is 47.0 Å². The molecule has 0 saturated heterocycles. The van der Waals surface area contributed by atoms with Crippen LogP contribution in [0.25, 0.3) is 17.0 Å². The van der Waals surface area contributed by atoms with Gasteiger partial charge in [0.25, 0.3) is 0 Å². The molecule has 0 amide bonds. The Hall–Kier alpha value is -3.21. The van der Waals surface area contributed by atoms with Crippen LogP contribution < -0.4 is 11.1 Å². The summed E-state index contributed by atoms with van der Waals surface area (Å²) in [5, 5.41) is 3.38. The fourth-order valence-corrected chi connectivity index (χ4v) is 4.40. The Kier molecular flexibility index (Phi) is 7.06. The number of nitrogens with one attached hydrogen (secondary N) is 1. The monoisotopic (exact) mass is 415 g/mol. The van der Waals surface area contributed by atoms with Gasteiger partial charge in [0, 0.05) is 11.8 Å². The van der Waals surface area contributed by atoms with Crippen molar-refractivity contribution in [3.05, 3.63) is 72.3 Å². The molecule has 4 heterocycles. The van der Waals surface area contributed by atoms with Crippen molar-refractivity contribution in [3.63, 3.8) is 0 Å². The van der Waals surface area contributed by atoms with Gasteiger partial charge < -0.3 is 11.1 Å². The molecule has 1 fully saturated rings. The average molecular weight is 416 g/mol. The molecule has 3 aromatic rings. The number of aromatic nitrogens is 3. The lowest BCUT2D eigenvalue weighted by Crippen LogP contribution is -2.27. The highest BCUT2D eigenvalue weighted by Gasteiger charge is 2.30. The van der Waals surface area contributed by atoms with Gasteiger partial charge >= 0.3 is 0 Å². The third-order valence-corrected chi connectivity index (χ3v) is 5.87. The van der Waals surface area contributed by atoms with Gasteiger partial charge in [-0.1, -0.05) is 46.1 Å². The molecule has 0 atom stereocenters. The number of rotatable bonds is 0. The standard InChI is InChI=1S/C23H23N5.C2H6.CH4/c1-14-22-23(24)26-13-21(28-22)18-4-2-3-15(10-18)7-16-8-17(9-16)11-19-5-6-25-12-20(19)27-14;1-2;/h2-6,10,12-13,16-17,27H,1,7-9,11H2,(H2,24,26);1-2H3;1H4. The first-order chi connectivity index (χ1) is 14.7. The van der Waals surface area contributed by atoms with Gasteiger partial charge in [0.05, 0.1) is 29.5 Å². The molecule has 6 rings (SSSR count). The minimum Gasteiger partial charge on any atom is -0.382 e. The Morgan fingerprint density at radius 1 is 1.06 bits per heavy atom. The number of hydrogen-bond donors (Lipinski definition) is 2. The molecule has 3 aliphatic rings. The topological polar surface area (TPSA) is 76.7 Å². The van der Waals surface area contributed by atoms with Crippen LogP contribution >= 0.6 is 0 Å². The zero-order chi connectivity index (χ0) is 21.1. The van der Waals surface area contributed by atoms with E-state index in [2.05, 4.69) is 52.2 Å². The molecule has 1 aromatic carbocycles. The van der Waals surface area contributed by atoms with Gasteiger partial charge in [-0.05, 0) is 60.8 Å². The van der Waals surface area contributed by atoms with Crippen LogP contribution in [0, 0.1) is 11.8 Å². The maximum absolute atomic E-state index is 6.12. The Morgan fingerprint density at radius 3 is 2.65 bits per heavy atom. The molecule has 5 heteroatoms. The summed E-state index contributed by atoms with van der Waals surface area (Å²) in [6.07, 6.45) is 10.2. The molecule has 162 valence electrons. The maximum atomic E-state index is 6.12. The van der Waals surface area contributed by atoms with Crippen LogP contribution in [0.1, 0.15) is 50.9 Å². The Balaban J connectivity index is 0.000000883. The summed E-state index contributed by atoms with van der Waals surface area (Å²) >= 11 is 0. The third kappa shape index (κ3) is 4.76. The quantitative estimate of drug-likeness (QED) is 0.471. The smallest absolute Gasteiger partial charge is 0.151 e. The van der Waals surface area contributed by atoms with Gasteiger partial charge in [0.2, 0.25) is 0 Å². The lowest BCUT2D eigenvalue weighted by atomic mass is 9.69. The molecule has 2 aliphatic heterocycles.